The Kier molecular flexibility index (Phi) is 2.61. The fourth-order valence-corrected chi connectivity index (χ4v) is 1.64. The first-order valence-corrected chi connectivity index (χ1v) is 4.72. The zero-order valence-corrected chi connectivity index (χ0v) is 7.84. The maximum atomic E-state index is 5.57. The second kappa shape index (κ2) is 3.89. The molecule has 1 fully saturated rings. The zero-order valence-electron chi connectivity index (χ0n) is 7.84. The predicted molar refractivity (Wildman–Crippen MR) is 49.2 cm³/mol. The summed E-state index contributed by atoms with van der Waals surface area (Å²) in [5.41, 5.74) is 0. The van der Waals surface area contributed by atoms with Gasteiger partial charge in [0.2, 0.25) is 5.89 Å². The van der Waals surface area contributed by atoms with Crippen LogP contribution >= 0.6 is 0 Å². The molecule has 2 heterocycles. The Morgan fingerprint density at radius 1 is 1.77 bits per heavy atom. The van der Waals surface area contributed by atoms with Crippen molar-refractivity contribution in [3.05, 3.63) is 17.8 Å². The lowest BCUT2D eigenvalue weighted by molar-refractivity contribution is 0.399. The standard InChI is InChI=1S/C9H15N3O/c1-10-5-7-6-12-9(13-7)8-3-2-4-11-8/h6,8,10-11H,2-5H2,1H3. The molecule has 2 rings (SSSR count). The summed E-state index contributed by atoms with van der Waals surface area (Å²) < 4.78 is 5.57. The molecule has 0 aromatic carbocycles. The van der Waals surface area contributed by atoms with Crippen LogP contribution in [0.3, 0.4) is 0 Å². The Balaban J connectivity index is 2.03. The third kappa shape index (κ3) is 1.89. The Morgan fingerprint density at radius 2 is 2.69 bits per heavy atom. The fraction of sp³-hybridized carbons (Fsp3) is 0.667. The van der Waals surface area contributed by atoms with E-state index >= 15 is 0 Å². The van der Waals surface area contributed by atoms with E-state index < -0.39 is 0 Å². The van der Waals surface area contributed by atoms with Gasteiger partial charge in [-0.3, -0.25) is 0 Å². The zero-order chi connectivity index (χ0) is 9.10. The molecule has 1 aliphatic heterocycles. The minimum absolute atomic E-state index is 0.339. The van der Waals surface area contributed by atoms with Crippen molar-refractivity contribution in [3.8, 4) is 0 Å². The van der Waals surface area contributed by atoms with E-state index in [1.807, 2.05) is 7.05 Å². The van der Waals surface area contributed by atoms with E-state index in [1.165, 1.54) is 6.42 Å². The van der Waals surface area contributed by atoms with Crippen molar-refractivity contribution >= 4 is 0 Å². The summed E-state index contributed by atoms with van der Waals surface area (Å²) >= 11 is 0. The quantitative estimate of drug-likeness (QED) is 0.724. The van der Waals surface area contributed by atoms with Crippen molar-refractivity contribution in [2.45, 2.75) is 25.4 Å². The van der Waals surface area contributed by atoms with Gasteiger partial charge in [0.05, 0.1) is 18.8 Å². The SMILES string of the molecule is CNCc1cnc(C2CCCN2)o1. The van der Waals surface area contributed by atoms with Crippen molar-refractivity contribution < 1.29 is 4.42 Å². The van der Waals surface area contributed by atoms with Gasteiger partial charge in [-0.15, -0.1) is 0 Å². The first-order valence-electron chi connectivity index (χ1n) is 4.72. The molecule has 13 heavy (non-hydrogen) atoms. The molecule has 4 heteroatoms. The first-order chi connectivity index (χ1) is 6.40. The number of oxazole rings is 1. The smallest absolute Gasteiger partial charge is 0.211 e. The van der Waals surface area contributed by atoms with E-state index in [0.717, 1.165) is 31.2 Å². The van der Waals surface area contributed by atoms with Gasteiger partial charge in [0.25, 0.3) is 0 Å². The minimum Gasteiger partial charge on any atom is -0.443 e. The summed E-state index contributed by atoms with van der Waals surface area (Å²) in [5.74, 6) is 1.74. The molecule has 0 radical (unpaired) electrons. The topological polar surface area (TPSA) is 50.1 Å². The Hall–Kier alpha value is -0.870. The van der Waals surface area contributed by atoms with E-state index in [1.54, 1.807) is 6.20 Å². The van der Waals surface area contributed by atoms with Crippen molar-refractivity contribution in [1.82, 2.24) is 15.6 Å². The Labute approximate surface area is 77.7 Å². The molecular formula is C9H15N3O. The second-order valence-corrected chi connectivity index (χ2v) is 3.34. The highest BCUT2D eigenvalue weighted by atomic mass is 16.4. The highest BCUT2D eigenvalue weighted by Crippen LogP contribution is 2.22. The van der Waals surface area contributed by atoms with Gasteiger partial charge in [-0.25, -0.2) is 4.98 Å². The molecule has 72 valence electrons. The molecule has 1 aromatic heterocycles. The van der Waals surface area contributed by atoms with Crippen LogP contribution in [0.1, 0.15) is 30.5 Å². The maximum Gasteiger partial charge on any atom is 0.211 e. The van der Waals surface area contributed by atoms with Crippen LogP contribution in [0.4, 0.5) is 0 Å². The van der Waals surface area contributed by atoms with E-state index in [9.17, 15) is 0 Å². The fourth-order valence-electron chi connectivity index (χ4n) is 1.64. The predicted octanol–water partition coefficient (Wildman–Crippen LogP) is 0.818. The number of rotatable bonds is 3. The van der Waals surface area contributed by atoms with Gasteiger partial charge >= 0.3 is 0 Å². The molecule has 0 spiro atoms. The Morgan fingerprint density at radius 3 is 3.38 bits per heavy atom. The number of nitrogens with one attached hydrogen (secondary N) is 2. The van der Waals surface area contributed by atoms with E-state index in [2.05, 4.69) is 15.6 Å². The van der Waals surface area contributed by atoms with Crippen LogP contribution in [0.2, 0.25) is 0 Å². The monoisotopic (exact) mass is 181 g/mol. The van der Waals surface area contributed by atoms with E-state index in [4.69, 9.17) is 4.42 Å². The lowest BCUT2D eigenvalue weighted by Crippen LogP contribution is -2.12. The molecule has 0 amide bonds. The average molecular weight is 181 g/mol. The van der Waals surface area contributed by atoms with Crippen molar-refractivity contribution in [2.24, 2.45) is 0 Å². The van der Waals surface area contributed by atoms with Crippen molar-refractivity contribution in [2.75, 3.05) is 13.6 Å². The summed E-state index contributed by atoms with van der Waals surface area (Å²) in [7, 11) is 1.90. The van der Waals surface area contributed by atoms with Crippen molar-refractivity contribution in [3.63, 3.8) is 0 Å². The number of aromatic nitrogens is 1. The molecular weight excluding hydrogens is 166 g/mol. The van der Waals surface area contributed by atoms with Crippen LogP contribution in [-0.4, -0.2) is 18.6 Å². The lowest BCUT2D eigenvalue weighted by atomic mass is 10.2. The third-order valence-electron chi connectivity index (χ3n) is 2.28. The molecule has 0 aliphatic carbocycles. The molecule has 1 saturated heterocycles. The van der Waals surface area contributed by atoms with Crippen LogP contribution in [0, 0.1) is 0 Å². The maximum absolute atomic E-state index is 5.57. The summed E-state index contributed by atoms with van der Waals surface area (Å²) in [4.78, 5) is 4.25. The number of hydrogen-bond acceptors (Lipinski definition) is 4. The van der Waals surface area contributed by atoms with Crippen LogP contribution in [0.5, 0.6) is 0 Å². The van der Waals surface area contributed by atoms with Gasteiger partial charge in [-0.05, 0) is 26.4 Å². The molecule has 1 aromatic rings. The van der Waals surface area contributed by atoms with Crippen LogP contribution < -0.4 is 10.6 Å². The molecule has 1 unspecified atom stereocenters. The average Bonchev–Trinajstić information content (AvgIpc) is 2.70. The summed E-state index contributed by atoms with van der Waals surface area (Å²) in [6, 6.07) is 0.339. The molecule has 2 N–H and O–H groups in total. The molecule has 1 aliphatic rings. The van der Waals surface area contributed by atoms with Crippen LogP contribution in [0.25, 0.3) is 0 Å². The number of nitrogens with zero attached hydrogens (tertiary/aromatic N) is 1. The van der Waals surface area contributed by atoms with Gasteiger partial charge in [0.1, 0.15) is 5.76 Å². The summed E-state index contributed by atoms with van der Waals surface area (Å²) in [6.07, 6.45) is 4.15. The summed E-state index contributed by atoms with van der Waals surface area (Å²) in [6.45, 7) is 1.83. The Bertz CT molecular complexity index is 266. The lowest BCUT2D eigenvalue weighted by Gasteiger charge is -2.03. The second-order valence-electron chi connectivity index (χ2n) is 3.34. The molecule has 4 nitrogen and oxygen atoms in total. The summed E-state index contributed by atoms with van der Waals surface area (Å²) in [5, 5.41) is 6.39. The van der Waals surface area contributed by atoms with Crippen LogP contribution in [0.15, 0.2) is 10.6 Å². The highest BCUT2D eigenvalue weighted by Gasteiger charge is 2.20. The van der Waals surface area contributed by atoms with Gasteiger partial charge in [-0.2, -0.15) is 0 Å². The molecule has 0 bridgehead atoms. The van der Waals surface area contributed by atoms with Gasteiger partial charge in [-0.1, -0.05) is 0 Å². The van der Waals surface area contributed by atoms with Crippen molar-refractivity contribution in [1.29, 1.82) is 0 Å². The highest BCUT2D eigenvalue weighted by molar-refractivity contribution is 4.99. The van der Waals surface area contributed by atoms with E-state index in [0.29, 0.717) is 6.04 Å². The largest absolute Gasteiger partial charge is 0.443 e. The van der Waals surface area contributed by atoms with E-state index in [-0.39, 0.29) is 0 Å². The third-order valence-corrected chi connectivity index (χ3v) is 2.28. The number of hydrogen-bond donors (Lipinski definition) is 2. The van der Waals surface area contributed by atoms with Crippen LogP contribution in [-0.2, 0) is 6.54 Å². The minimum atomic E-state index is 0.339. The van der Waals surface area contributed by atoms with Gasteiger partial charge < -0.3 is 15.1 Å². The normalized spacial score (nSPS) is 22.4. The van der Waals surface area contributed by atoms with Gasteiger partial charge in [0.15, 0.2) is 0 Å². The first kappa shape index (κ1) is 8.72. The van der Waals surface area contributed by atoms with Gasteiger partial charge in [0, 0.05) is 0 Å². The molecule has 0 saturated carbocycles. The molecule has 1 atom stereocenters.